The van der Waals surface area contributed by atoms with Crippen molar-refractivity contribution in [2.24, 2.45) is 5.92 Å². The van der Waals surface area contributed by atoms with Crippen LogP contribution in [0.5, 0.6) is 5.75 Å². The van der Waals surface area contributed by atoms with E-state index in [0.717, 1.165) is 26.0 Å². The normalized spacial score (nSPS) is 15.3. The minimum Gasteiger partial charge on any atom is -0.492 e. The largest absolute Gasteiger partial charge is 0.492 e. The molecule has 1 aliphatic carbocycles. The number of hydrogen-bond donors (Lipinski definition) is 3. The number of methoxy groups -OCH3 is 1. The van der Waals surface area contributed by atoms with E-state index >= 15 is 0 Å². The van der Waals surface area contributed by atoms with Crippen LogP contribution in [-0.4, -0.2) is 41.4 Å². The number of carbonyl (C=O) groups is 2. The van der Waals surface area contributed by atoms with Crippen LogP contribution in [0.3, 0.4) is 0 Å². The molecule has 33 heavy (non-hydrogen) atoms. The first-order valence-electron chi connectivity index (χ1n) is 11.8. The first-order valence-corrected chi connectivity index (χ1v) is 10.3. The molecule has 3 N–H and O–H groups in total. The molecule has 2 heterocycles. The van der Waals surface area contributed by atoms with Crippen molar-refractivity contribution in [2.45, 2.75) is 32.2 Å². The number of rotatable bonds is 8. The molecule has 0 spiro atoms. The number of nitrogens with zero attached hydrogens (tertiary/aromatic N) is 2. The first kappa shape index (κ1) is 18.8. The number of carbonyl (C=O) groups excluding carboxylic acids is 2. The fraction of sp³-hybridized carbons (Fsp3) is 0.348. The van der Waals surface area contributed by atoms with Crippen LogP contribution in [0.4, 0.5) is 26.0 Å². The fourth-order valence-corrected chi connectivity index (χ4v) is 3.59. The molecule has 0 aliphatic heterocycles. The van der Waals surface area contributed by atoms with Gasteiger partial charge in [0.05, 0.1) is 36.1 Å². The molecule has 0 unspecified atom stereocenters. The lowest BCUT2D eigenvalue weighted by Crippen LogP contribution is -2.21. The quantitative estimate of drug-likeness (QED) is 0.469. The summed E-state index contributed by atoms with van der Waals surface area (Å²) in [6, 6.07) is 6.42. The van der Waals surface area contributed by atoms with Gasteiger partial charge in [0.25, 0.3) is 11.8 Å². The standard InChI is InChI=1S/C23H25F2N5O3/c1-23(24,25)12-30-9-8-13-6-7-16(20(33-3)19(13)30)28-17-10-18(29-21(31)14-4-5-14)27-11-15(17)22(32)26-2/h6-11,14H,4-5,12H2,1-3H3,(H,26,32)(H2,27,28,29,31)/i2D3. The fourth-order valence-electron chi connectivity index (χ4n) is 3.59. The number of aromatic nitrogens is 2. The highest BCUT2D eigenvalue weighted by molar-refractivity contribution is 6.02. The van der Waals surface area contributed by atoms with Crippen molar-refractivity contribution < 1.29 is 27.2 Å². The lowest BCUT2D eigenvalue weighted by atomic mass is 10.1. The van der Waals surface area contributed by atoms with Crippen molar-refractivity contribution in [1.82, 2.24) is 14.9 Å². The maximum absolute atomic E-state index is 13.8. The summed E-state index contributed by atoms with van der Waals surface area (Å²) in [6.45, 7) is -2.50. The summed E-state index contributed by atoms with van der Waals surface area (Å²) < 4.78 is 56.5. The number of nitrogens with one attached hydrogen (secondary N) is 3. The minimum absolute atomic E-state index is 0.0891. The SMILES string of the molecule is [2H]C([2H])([2H])NC(=O)c1cnc(NC(=O)C2CC2)cc1Nc1ccc2ccn(CC(C)(F)F)c2c1OC. The van der Waals surface area contributed by atoms with Crippen LogP contribution in [0.15, 0.2) is 36.7 Å². The number of hydrogen-bond acceptors (Lipinski definition) is 5. The highest BCUT2D eigenvalue weighted by Crippen LogP contribution is 2.38. The Balaban J connectivity index is 1.75. The predicted molar refractivity (Wildman–Crippen MR) is 121 cm³/mol. The van der Waals surface area contributed by atoms with Crippen LogP contribution < -0.4 is 20.7 Å². The van der Waals surface area contributed by atoms with Gasteiger partial charge in [-0.25, -0.2) is 13.8 Å². The van der Waals surface area contributed by atoms with Gasteiger partial charge < -0.3 is 25.3 Å². The number of alkyl halides is 2. The lowest BCUT2D eigenvalue weighted by Gasteiger charge is -2.18. The van der Waals surface area contributed by atoms with E-state index in [1.807, 2.05) is 5.32 Å². The van der Waals surface area contributed by atoms with Crippen molar-refractivity contribution in [3.8, 4) is 5.75 Å². The van der Waals surface area contributed by atoms with Gasteiger partial charge in [-0.05, 0) is 25.0 Å². The number of ether oxygens (including phenoxy) is 1. The van der Waals surface area contributed by atoms with E-state index in [0.29, 0.717) is 16.6 Å². The molecule has 4 rings (SSSR count). The molecule has 3 aromatic rings. The Morgan fingerprint density at radius 3 is 2.76 bits per heavy atom. The number of halogens is 2. The number of amides is 2. The Hall–Kier alpha value is -3.69. The Labute approximate surface area is 193 Å². The summed E-state index contributed by atoms with van der Waals surface area (Å²) >= 11 is 0. The predicted octanol–water partition coefficient (Wildman–Crippen LogP) is 4.15. The number of anilines is 3. The molecule has 1 aromatic carbocycles. The lowest BCUT2D eigenvalue weighted by molar-refractivity contribution is -0.117. The summed E-state index contributed by atoms with van der Waals surface area (Å²) in [4.78, 5) is 29.0. The smallest absolute Gasteiger partial charge is 0.262 e. The van der Waals surface area contributed by atoms with Crippen molar-refractivity contribution in [3.63, 3.8) is 0 Å². The van der Waals surface area contributed by atoms with Crippen LogP contribution in [0.25, 0.3) is 10.9 Å². The van der Waals surface area contributed by atoms with Gasteiger partial charge >= 0.3 is 0 Å². The molecule has 174 valence electrons. The molecule has 1 aliphatic rings. The number of pyridine rings is 1. The van der Waals surface area contributed by atoms with Gasteiger partial charge in [0.2, 0.25) is 5.91 Å². The monoisotopic (exact) mass is 460 g/mol. The molecule has 0 radical (unpaired) electrons. The maximum atomic E-state index is 13.8. The third-order valence-corrected chi connectivity index (χ3v) is 5.27. The Morgan fingerprint density at radius 1 is 1.30 bits per heavy atom. The molecule has 2 aromatic heterocycles. The zero-order valence-corrected chi connectivity index (χ0v) is 18.0. The Kier molecular flexibility index (Phi) is 4.96. The van der Waals surface area contributed by atoms with Gasteiger partial charge in [0.15, 0.2) is 5.75 Å². The Morgan fingerprint density at radius 2 is 2.09 bits per heavy atom. The van der Waals surface area contributed by atoms with Crippen LogP contribution in [0.1, 0.15) is 34.2 Å². The maximum Gasteiger partial charge on any atom is 0.262 e. The molecular weight excluding hydrogens is 432 g/mol. The molecule has 1 fully saturated rings. The second-order valence-corrected chi connectivity index (χ2v) is 8.06. The van der Waals surface area contributed by atoms with Gasteiger partial charge in [-0.15, -0.1) is 0 Å². The van der Waals surface area contributed by atoms with Gasteiger partial charge in [0, 0.05) is 47.8 Å². The molecule has 0 atom stereocenters. The van der Waals surface area contributed by atoms with Crippen LogP contribution >= 0.6 is 0 Å². The van der Waals surface area contributed by atoms with E-state index < -0.39 is 25.4 Å². The van der Waals surface area contributed by atoms with Crippen LogP contribution in [-0.2, 0) is 11.3 Å². The number of benzene rings is 1. The zero-order chi connectivity index (χ0) is 26.3. The van der Waals surface area contributed by atoms with Crippen molar-refractivity contribution in [1.29, 1.82) is 0 Å². The second kappa shape index (κ2) is 8.68. The van der Waals surface area contributed by atoms with Crippen molar-refractivity contribution in [3.05, 3.63) is 42.2 Å². The minimum atomic E-state index is -2.97. The van der Waals surface area contributed by atoms with Gasteiger partial charge in [0.1, 0.15) is 5.82 Å². The molecule has 8 nitrogen and oxygen atoms in total. The van der Waals surface area contributed by atoms with E-state index in [9.17, 15) is 18.4 Å². The van der Waals surface area contributed by atoms with Gasteiger partial charge in [-0.1, -0.05) is 6.07 Å². The van der Waals surface area contributed by atoms with Crippen molar-refractivity contribution >= 4 is 39.9 Å². The highest BCUT2D eigenvalue weighted by Gasteiger charge is 2.30. The summed E-state index contributed by atoms with van der Waals surface area (Å²) in [5, 5.41) is 8.28. The van der Waals surface area contributed by atoms with Crippen LogP contribution in [0, 0.1) is 5.92 Å². The zero-order valence-electron chi connectivity index (χ0n) is 21.0. The third-order valence-electron chi connectivity index (χ3n) is 5.27. The molecular formula is C23H25F2N5O3. The highest BCUT2D eigenvalue weighted by atomic mass is 19.3. The Bertz CT molecular complexity index is 1320. The summed E-state index contributed by atoms with van der Waals surface area (Å²) in [6.07, 6.45) is 4.24. The van der Waals surface area contributed by atoms with E-state index in [-0.39, 0.29) is 34.6 Å². The van der Waals surface area contributed by atoms with E-state index in [4.69, 9.17) is 8.85 Å². The third kappa shape index (κ3) is 4.89. The van der Waals surface area contributed by atoms with E-state index in [2.05, 4.69) is 15.6 Å². The average Bonchev–Trinajstić information content (AvgIpc) is 3.54. The summed E-state index contributed by atoms with van der Waals surface area (Å²) in [5.41, 5.74) is 0.773. The van der Waals surface area contributed by atoms with Crippen molar-refractivity contribution in [2.75, 3.05) is 24.7 Å². The molecule has 0 saturated heterocycles. The molecule has 2 amide bonds. The second-order valence-electron chi connectivity index (χ2n) is 8.06. The van der Waals surface area contributed by atoms with Gasteiger partial charge in [-0.2, -0.15) is 0 Å². The van der Waals surface area contributed by atoms with E-state index in [1.54, 1.807) is 18.2 Å². The molecule has 0 bridgehead atoms. The molecule has 1 saturated carbocycles. The summed E-state index contributed by atoms with van der Waals surface area (Å²) in [5.74, 6) is -3.78. The number of fused-ring (bicyclic) bond motifs is 1. The summed E-state index contributed by atoms with van der Waals surface area (Å²) in [7, 11) is 1.39. The van der Waals surface area contributed by atoms with Crippen LogP contribution in [0.2, 0.25) is 0 Å². The molecule has 10 heteroatoms. The first-order chi connectivity index (χ1) is 16.8. The average molecular weight is 460 g/mol. The topological polar surface area (TPSA) is 97.3 Å². The van der Waals surface area contributed by atoms with Gasteiger partial charge in [-0.3, -0.25) is 9.59 Å². The van der Waals surface area contributed by atoms with E-state index in [1.165, 1.54) is 23.9 Å².